The van der Waals surface area contributed by atoms with E-state index in [0.29, 0.717) is 19.3 Å². The van der Waals surface area contributed by atoms with Crippen molar-refractivity contribution in [1.82, 2.24) is 20.9 Å². The van der Waals surface area contributed by atoms with Crippen LogP contribution in [0.1, 0.15) is 49.1 Å². The third-order valence-electron chi connectivity index (χ3n) is 8.66. The molecule has 6 N–H and O–H groups in total. The van der Waals surface area contributed by atoms with E-state index in [-0.39, 0.29) is 31.1 Å². The Hall–Kier alpha value is -4.92. The second-order valence-corrected chi connectivity index (χ2v) is 12.3. The van der Waals surface area contributed by atoms with E-state index in [0.717, 1.165) is 33.3 Å². The van der Waals surface area contributed by atoms with Crippen LogP contribution < -0.4 is 21.7 Å². The maximum Gasteiger partial charge on any atom is 0.246 e. The van der Waals surface area contributed by atoms with E-state index >= 15 is 0 Å². The molecule has 4 amide bonds. The molecule has 0 aliphatic heterocycles. The number of carbonyl (C=O) groups is 4. The van der Waals surface area contributed by atoms with Crippen LogP contribution in [0.2, 0.25) is 0 Å². The highest BCUT2D eigenvalue weighted by molar-refractivity contribution is 5.98. The summed E-state index contributed by atoms with van der Waals surface area (Å²) in [6.45, 7) is 3.61. The monoisotopic (exact) mass is 607 g/mol. The fourth-order valence-electron chi connectivity index (χ4n) is 6.15. The molecule has 9 heteroatoms. The van der Waals surface area contributed by atoms with Gasteiger partial charge < -0.3 is 26.7 Å². The van der Waals surface area contributed by atoms with E-state index in [4.69, 9.17) is 5.73 Å². The first-order chi connectivity index (χ1) is 21.6. The molecular weight excluding hydrogens is 566 g/mol. The summed E-state index contributed by atoms with van der Waals surface area (Å²) in [5.41, 5.74) is 9.09. The van der Waals surface area contributed by atoms with Gasteiger partial charge in [0.2, 0.25) is 23.6 Å². The third kappa shape index (κ3) is 7.42. The SMILES string of the molecule is CC(C)[C@H](NC(=O)[C@@]1(NC(=O)[C@@H](Cc2ccccc2)NC(=O)CCc2ccccc2)CCc2[nH]c3ccccc3c2C1)C(N)=O. The van der Waals surface area contributed by atoms with Crippen molar-refractivity contribution in [2.75, 3.05) is 0 Å². The van der Waals surface area contributed by atoms with E-state index in [1.165, 1.54) is 0 Å². The zero-order valence-electron chi connectivity index (χ0n) is 25.8. The van der Waals surface area contributed by atoms with E-state index < -0.39 is 35.3 Å². The molecule has 9 nitrogen and oxygen atoms in total. The van der Waals surface area contributed by atoms with Gasteiger partial charge in [-0.2, -0.15) is 0 Å². The van der Waals surface area contributed by atoms with Gasteiger partial charge in [-0.25, -0.2) is 0 Å². The molecule has 234 valence electrons. The molecule has 3 atom stereocenters. The van der Waals surface area contributed by atoms with Crippen molar-refractivity contribution < 1.29 is 19.2 Å². The number of amides is 4. The van der Waals surface area contributed by atoms with Gasteiger partial charge in [0.1, 0.15) is 17.6 Å². The van der Waals surface area contributed by atoms with Crippen LogP contribution in [-0.4, -0.2) is 46.2 Å². The van der Waals surface area contributed by atoms with Gasteiger partial charge in [-0.05, 0) is 47.9 Å². The van der Waals surface area contributed by atoms with Crippen LogP contribution in [0.25, 0.3) is 10.9 Å². The molecular formula is C36H41N5O4. The number of nitrogens with two attached hydrogens (primary N) is 1. The van der Waals surface area contributed by atoms with Gasteiger partial charge in [0, 0.05) is 35.9 Å². The first-order valence-electron chi connectivity index (χ1n) is 15.5. The molecule has 0 unspecified atom stereocenters. The maximum absolute atomic E-state index is 14.2. The molecule has 4 aromatic rings. The van der Waals surface area contributed by atoms with Crippen LogP contribution in [0.4, 0.5) is 0 Å². The van der Waals surface area contributed by atoms with Crippen molar-refractivity contribution in [1.29, 1.82) is 0 Å². The highest BCUT2D eigenvalue weighted by Gasteiger charge is 2.46. The number of aryl methyl sites for hydroxylation is 2. The zero-order chi connectivity index (χ0) is 32.0. The minimum Gasteiger partial charge on any atom is -0.368 e. The van der Waals surface area contributed by atoms with Crippen molar-refractivity contribution in [3.05, 3.63) is 107 Å². The summed E-state index contributed by atoms with van der Waals surface area (Å²) in [5, 5.41) is 9.84. The second kappa shape index (κ2) is 13.8. The van der Waals surface area contributed by atoms with Crippen LogP contribution in [0.15, 0.2) is 84.9 Å². The first-order valence-corrected chi connectivity index (χ1v) is 15.5. The van der Waals surface area contributed by atoms with E-state index in [2.05, 4.69) is 20.9 Å². The van der Waals surface area contributed by atoms with Gasteiger partial charge in [-0.15, -0.1) is 0 Å². The molecule has 45 heavy (non-hydrogen) atoms. The predicted molar refractivity (Wildman–Crippen MR) is 174 cm³/mol. The van der Waals surface area contributed by atoms with Gasteiger partial charge in [0.25, 0.3) is 0 Å². The van der Waals surface area contributed by atoms with Gasteiger partial charge in [-0.3, -0.25) is 19.2 Å². The smallest absolute Gasteiger partial charge is 0.246 e. The van der Waals surface area contributed by atoms with Crippen LogP contribution in [0.5, 0.6) is 0 Å². The fourth-order valence-corrected chi connectivity index (χ4v) is 6.15. The summed E-state index contributed by atoms with van der Waals surface area (Å²) in [4.78, 5) is 57.3. The van der Waals surface area contributed by atoms with Crippen molar-refractivity contribution >= 4 is 34.5 Å². The average molecular weight is 608 g/mol. The van der Waals surface area contributed by atoms with Crippen LogP contribution in [0.3, 0.4) is 0 Å². The lowest BCUT2D eigenvalue weighted by atomic mass is 9.78. The lowest BCUT2D eigenvalue weighted by Crippen LogP contribution is -2.66. The molecule has 1 aromatic heterocycles. The number of primary amides is 1. The van der Waals surface area contributed by atoms with Crippen molar-refractivity contribution in [3.8, 4) is 0 Å². The highest BCUT2D eigenvalue weighted by Crippen LogP contribution is 2.34. The number of fused-ring (bicyclic) bond motifs is 3. The molecule has 3 aromatic carbocycles. The molecule has 0 spiro atoms. The molecule has 0 fully saturated rings. The Morgan fingerprint density at radius 2 is 1.51 bits per heavy atom. The van der Waals surface area contributed by atoms with Gasteiger partial charge in [0.15, 0.2) is 0 Å². The van der Waals surface area contributed by atoms with E-state index in [9.17, 15) is 19.2 Å². The number of benzene rings is 3. The Balaban J connectivity index is 1.44. The number of carbonyl (C=O) groups excluding carboxylic acids is 4. The van der Waals surface area contributed by atoms with Gasteiger partial charge in [0.05, 0.1) is 0 Å². The largest absolute Gasteiger partial charge is 0.368 e. The molecule has 0 saturated heterocycles. The summed E-state index contributed by atoms with van der Waals surface area (Å²) in [6.07, 6.45) is 2.01. The quantitative estimate of drug-likeness (QED) is 0.168. The molecule has 1 heterocycles. The van der Waals surface area contributed by atoms with Crippen LogP contribution in [0, 0.1) is 5.92 Å². The topological polar surface area (TPSA) is 146 Å². The number of rotatable bonds is 12. The van der Waals surface area contributed by atoms with Gasteiger partial charge >= 0.3 is 0 Å². The molecule has 0 radical (unpaired) electrons. The molecule has 0 bridgehead atoms. The average Bonchev–Trinajstić information content (AvgIpc) is 3.40. The first kappa shape index (κ1) is 31.5. The Kier molecular flexibility index (Phi) is 9.66. The van der Waals surface area contributed by atoms with Crippen LogP contribution in [-0.2, 0) is 44.9 Å². The number of para-hydroxylation sites is 1. The maximum atomic E-state index is 14.2. The number of aromatic nitrogens is 1. The fraction of sp³-hybridized carbons (Fsp3) is 0.333. The van der Waals surface area contributed by atoms with Crippen molar-refractivity contribution in [2.45, 2.75) is 70.0 Å². The predicted octanol–water partition coefficient (Wildman–Crippen LogP) is 3.50. The molecule has 5 rings (SSSR count). The lowest BCUT2D eigenvalue weighted by Gasteiger charge is -2.39. The van der Waals surface area contributed by atoms with Gasteiger partial charge in [-0.1, -0.05) is 92.7 Å². The Morgan fingerprint density at radius 1 is 0.867 bits per heavy atom. The standard InChI is InChI=1S/C36H41N5O4/c1-23(2)32(33(37)43)40-35(45)36(20-19-29-27(22-36)26-15-9-10-16-28(26)38-29)41-34(44)30(21-25-13-7-4-8-14-25)39-31(42)18-17-24-11-5-3-6-12-24/h3-16,23,30,32,38H,17-22H2,1-2H3,(H2,37,43)(H,39,42)(H,40,45)(H,41,44)/t30-,32+,36-/m1/s1. The summed E-state index contributed by atoms with van der Waals surface area (Å²) in [7, 11) is 0. The number of hydrogen-bond acceptors (Lipinski definition) is 4. The minimum atomic E-state index is -1.37. The highest BCUT2D eigenvalue weighted by atomic mass is 16.2. The summed E-state index contributed by atoms with van der Waals surface area (Å²) in [6, 6.07) is 25.2. The minimum absolute atomic E-state index is 0.210. The second-order valence-electron chi connectivity index (χ2n) is 12.3. The number of H-pyrrole nitrogens is 1. The normalized spacial score (nSPS) is 17.2. The van der Waals surface area contributed by atoms with Crippen LogP contribution >= 0.6 is 0 Å². The van der Waals surface area contributed by atoms with Crippen molar-refractivity contribution in [3.63, 3.8) is 0 Å². The molecule has 0 saturated carbocycles. The Labute approximate surface area is 263 Å². The third-order valence-corrected chi connectivity index (χ3v) is 8.66. The summed E-state index contributed by atoms with van der Waals surface area (Å²) in [5.74, 6) is -2.09. The van der Waals surface area contributed by atoms with E-state index in [1.54, 1.807) is 13.8 Å². The number of hydrogen-bond donors (Lipinski definition) is 5. The Bertz CT molecular complexity index is 1670. The zero-order valence-corrected chi connectivity index (χ0v) is 25.8. The molecule has 1 aliphatic rings. The summed E-state index contributed by atoms with van der Waals surface area (Å²) >= 11 is 0. The number of aromatic amines is 1. The number of nitrogens with one attached hydrogen (secondary N) is 4. The molecule has 1 aliphatic carbocycles. The summed E-state index contributed by atoms with van der Waals surface area (Å²) < 4.78 is 0. The van der Waals surface area contributed by atoms with Crippen molar-refractivity contribution in [2.24, 2.45) is 11.7 Å². The Morgan fingerprint density at radius 3 is 2.18 bits per heavy atom. The lowest BCUT2D eigenvalue weighted by molar-refractivity contribution is -0.138. The van der Waals surface area contributed by atoms with E-state index in [1.807, 2.05) is 84.9 Å².